The van der Waals surface area contributed by atoms with Gasteiger partial charge in [0, 0.05) is 11.5 Å². The maximum Gasteiger partial charge on any atom is 0.308 e. The zero-order valence-electron chi connectivity index (χ0n) is 24.0. The fourth-order valence-electron chi connectivity index (χ4n) is 4.72. The van der Waals surface area contributed by atoms with Crippen molar-refractivity contribution in [2.75, 3.05) is 0 Å². The van der Waals surface area contributed by atoms with Gasteiger partial charge in [-0.1, -0.05) is 88.9 Å². The first-order chi connectivity index (χ1) is 17.3. The molecule has 3 rings (SSSR count). The number of rotatable bonds is 5. The minimum atomic E-state index is -2.12. The average molecular weight is 527 g/mol. The van der Waals surface area contributed by atoms with Gasteiger partial charge in [0.1, 0.15) is 12.2 Å². The molecule has 1 aromatic carbocycles. The lowest BCUT2D eigenvalue weighted by molar-refractivity contribution is -0.151. The van der Waals surface area contributed by atoms with Crippen molar-refractivity contribution in [2.45, 2.75) is 109 Å². The number of hydrogen-bond acceptors (Lipinski definition) is 5. The van der Waals surface area contributed by atoms with Crippen molar-refractivity contribution in [2.24, 2.45) is 5.92 Å². The Labute approximate surface area is 225 Å². The summed E-state index contributed by atoms with van der Waals surface area (Å²) in [5, 5.41) is 0.0292. The third kappa shape index (κ3) is 7.32. The number of cyclic esters (lactones) is 1. The Morgan fingerprint density at radius 2 is 1.86 bits per heavy atom. The zero-order valence-corrected chi connectivity index (χ0v) is 25.0. The molecule has 1 saturated heterocycles. The normalized spacial score (nSPS) is 32.2. The van der Waals surface area contributed by atoms with E-state index in [0.717, 1.165) is 11.1 Å². The maximum atomic E-state index is 13.2. The van der Waals surface area contributed by atoms with Crippen molar-refractivity contribution in [3.63, 3.8) is 0 Å². The summed E-state index contributed by atoms with van der Waals surface area (Å²) in [5.74, 6) is -0.290. The summed E-state index contributed by atoms with van der Waals surface area (Å²) < 4.78 is 25.9. The highest BCUT2D eigenvalue weighted by Crippen LogP contribution is 2.44. The molecule has 0 aliphatic carbocycles. The van der Waals surface area contributed by atoms with Crippen LogP contribution in [-0.2, 0) is 23.4 Å². The Hall–Kier alpha value is -1.99. The van der Waals surface area contributed by atoms with E-state index in [1.165, 1.54) is 0 Å². The number of carbonyl (C=O) groups is 1. The van der Waals surface area contributed by atoms with E-state index in [0.29, 0.717) is 12.8 Å². The molecule has 1 fully saturated rings. The molecule has 5 nitrogen and oxygen atoms in total. The summed E-state index contributed by atoms with van der Waals surface area (Å²) in [5.41, 5.74) is 1.39. The van der Waals surface area contributed by atoms with Crippen molar-refractivity contribution in [1.82, 2.24) is 0 Å². The van der Waals surface area contributed by atoms with Gasteiger partial charge in [-0.05, 0) is 50.4 Å². The van der Waals surface area contributed by atoms with E-state index < -0.39 is 26.3 Å². The second-order valence-corrected chi connectivity index (χ2v) is 17.0. The van der Waals surface area contributed by atoms with Crippen molar-refractivity contribution >= 4 is 14.3 Å². The van der Waals surface area contributed by atoms with Crippen LogP contribution in [0.2, 0.25) is 18.1 Å². The Morgan fingerprint density at radius 3 is 2.49 bits per heavy atom. The standard InChI is InChI=1S/C31H46O5Si/c1-10-14-22(2)28-23(3)17-18-26-31(7,35-29(33-26)24-15-12-11-13-16-24)20-19-25(21-27(32)34-28)36-37(8,9)30(4,5)6/h10-18,23,25-26,28-29H,1,19-21H2,2-9H3/t23-,25?,26-,28+,29?,31+/m0/s1. The van der Waals surface area contributed by atoms with Crippen molar-refractivity contribution in [1.29, 1.82) is 0 Å². The number of carbonyl (C=O) groups excluding carboxylic acids is 1. The summed E-state index contributed by atoms with van der Waals surface area (Å²) in [6.07, 6.45) is 8.05. The topological polar surface area (TPSA) is 54.0 Å². The number of hydrogen-bond donors (Lipinski definition) is 0. The number of benzene rings is 1. The fraction of sp³-hybridized carbons (Fsp3) is 0.581. The van der Waals surface area contributed by atoms with Gasteiger partial charge in [-0.3, -0.25) is 4.79 Å². The average Bonchev–Trinajstić information content (AvgIpc) is 3.15. The fourth-order valence-corrected chi connectivity index (χ4v) is 6.10. The maximum absolute atomic E-state index is 13.2. The predicted octanol–water partition coefficient (Wildman–Crippen LogP) is 7.67. The molecule has 2 aliphatic heterocycles. The zero-order chi connectivity index (χ0) is 27.4. The molecule has 2 unspecified atom stereocenters. The molecule has 204 valence electrons. The quantitative estimate of drug-likeness (QED) is 0.170. The van der Waals surface area contributed by atoms with E-state index >= 15 is 0 Å². The van der Waals surface area contributed by atoms with Gasteiger partial charge in [0.05, 0.1) is 18.1 Å². The summed E-state index contributed by atoms with van der Waals surface area (Å²) in [6.45, 7) is 21.1. The van der Waals surface area contributed by atoms with Crippen LogP contribution in [-0.4, -0.2) is 38.2 Å². The summed E-state index contributed by atoms with van der Waals surface area (Å²) in [6, 6.07) is 10.1. The Balaban J connectivity index is 1.97. The molecule has 0 spiro atoms. The smallest absolute Gasteiger partial charge is 0.308 e. The van der Waals surface area contributed by atoms with Gasteiger partial charge in [-0.2, -0.15) is 0 Å². The number of fused-ring (bicyclic) bond motifs is 1. The van der Waals surface area contributed by atoms with E-state index in [1.807, 2.05) is 43.3 Å². The number of allylic oxidation sites excluding steroid dienone is 2. The van der Waals surface area contributed by atoms with Crippen molar-refractivity contribution in [3.8, 4) is 0 Å². The van der Waals surface area contributed by atoms with Crippen LogP contribution in [0.25, 0.3) is 0 Å². The van der Waals surface area contributed by atoms with E-state index in [1.54, 1.807) is 6.08 Å². The minimum absolute atomic E-state index is 0.0292. The monoisotopic (exact) mass is 526 g/mol. The van der Waals surface area contributed by atoms with Crippen molar-refractivity contribution in [3.05, 3.63) is 72.4 Å². The van der Waals surface area contributed by atoms with E-state index in [-0.39, 0.29) is 35.6 Å². The number of esters is 1. The Bertz CT molecular complexity index is 993. The van der Waals surface area contributed by atoms with Crippen LogP contribution in [0.1, 0.15) is 72.7 Å². The molecular formula is C31H46O5Si. The van der Waals surface area contributed by atoms with Gasteiger partial charge in [0.2, 0.25) is 0 Å². The highest BCUT2D eigenvalue weighted by molar-refractivity contribution is 6.74. The molecule has 37 heavy (non-hydrogen) atoms. The SMILES string of the molecule is C=CC=C(C)[C@H]1OC(=O)CC(O[Si](C)(C)C(C)(C)C)CC[C@@]2(C)OC(c3ccccc3)O[C@H]2C=C[C@@H]1C. The highest BCUT2D eigenvalue weighted by Gasteiger charge is 2.47. The Morgan fingerprint density at radius 1 is 1.19 bits per heavy atom. The van der Waals surface area contributed by atoms with Crippen LogP contribution in [0, 0.1) is 5.92 Å². The first-order valence-electron chi connectivity index (χ1n) is 13.5. The molecule has 0 N–H and O–H groups in total. The molecule has 0 amide bonds. The van der Waals surface area contributed by atoms with Crippen molar-refractivity contribution < 1.29 is 23.4 Å². The molecule has 2 heterocycles. The minimum Gasteiger partial charge on any atom is -0.457 e. The largest absolute Gasteiger partial charge is 0.457 e. The lowest BCUT2D eigenvalue weighted by atomic mass is 9.89. The predicted molar refractivity (Wildman–Crippen MR) is 152 cm³/mol. The lowest BCUT2D eigenvalue weighted by Gasteiger charge is -2.40. The molecule has 0 bridgehead atoms. The molecule has 6 atom stereocenters. The molecular weight excluding hydrogens is 480 g/mol. The molecule has 0 saturated carbocycles. The van der Waals surface area contributed by atoms with E-state index in [9.17, 15) is 4.79 Å². The van der Waals surface area contributed by atoms with Gasteiger partial charge in [0.25, 0.3) is 0 Å². The van der Waals surface area contributed by atoms with Gasteiger partial charge in [0.15, 0.2) is 14.6 Å². The van der Waals surface area contributed by atoms with Crippen LogP contribution >= 0.6 is 0 Å². The van der Waals surface area contributed by atoms with Crippen LogP contribution in [0.3, 0.4) is 0 Å². The van der Waals surface area contributed by atoms with E-state index in [4.69, 9.17) is 18.6 Å². The first kappa shape index (κ1) is 29.6. The van der Waals surface area contributed by atoms with Crippen LogP contribution in [0.5, 0.6) is 0 Å². The van der Waals surface area contributed by atoms with Crippen LogP contribution in [0.4, 0.5) is 0 Å². The summed E-state index contributed by atoms with van der Waals surface area (Å²) in [7, 11) is -2.12. The molecule has 6 heteroatoms. The first-order valence-corrected chi connectivity index (χ1v) is 16.4. The van der Waals surface area contributed by atoms with Crippen LogP contribution in [0.15, 0.2) is 66.8 Å². The Kier molecular flexibility index (Phi) is 9.44. The highest BCUT2D eigenvalue weighted by atomic mass is 28.4. The third-order valence-electron chi connectivity index (χ3n) is 8.10. The molecule has 2 aliphatic rings. The summed E-state index contributed by atoms with van der Waals surface area (Å²) >= 11 is 0. The van der Waals surface area contributed by atoms with Gasteiger partial charge >= 0.3 is 5.97 Å². The molecule has 0 aromatic heterocycles. The van der Waals surface area contributed by atoms with E-state index in [2.05, 4.69) is 66.4 Å². The lowest BCUT2D eigenvalue weighted by Crippen LogP contribution is -2.45. The second kappa shape index (κ2) is 11.8. The molecule has 1 aromatic rings. The van der Waals surface area contributed by atoms with Gasteiger partial charge < -0.3 is 18.6 Å². The van der Waals surface area contributed by atoms with Gasteiger partial charge in [-0.15, -0.1) is 0 Å². The third-order valence-corrected chi connectivity index (χ3v) is 12.6. The van der Waals surface area contributed by atoms with Crippen LogP contribution < -0.4 is 0 Å². The number of ether oxygens (including phenoxy) is 3. The van der Waals surface area contributed by atoms with Gasteiger partial charge in [-0.25, -0.2) is 0 Å². The second-order valence-electron chi connectivity index (χ2n) is 12.3. The molecule has 0 radical (unpaired) electrons. The summed E-state index contributed by atoms with van der Waals surface area (Å²) in [4.78, 5) is 13.2.